The van der Waals surface area contributed by atoms with Crippen molar-refractivity contribution in [2.45, 2.75) is 63.5 Å². The van der Waals surface area contributed by atoms with Crippen LogP contribution in [0.25, 0.3) is 0 Å². The molecule has 5 nitrogen and oxygen atoms in total. The van der Waals surface area contributed by atoms with E-state index in [9.17, 15) is 4.79 Å². The average Bonchev–Trinajstić information content (AvgIpc) is 3.10. The molecule has 4 rings (SSSR count). The van der Waals surface area contributed by atoms with Gasteiger partial charge in [0, 0.05) is 45.1 Å². The van der Waals surface area contributed by atoms with Gasteiger partial charge in [-0.15, -0.1) is 0 Å². The minimum atomic E-state index is -0.819. The highest BCUT2D eigenvalue weighted by molar-refractivity contribution is 5.65. The zero-order valence-electron chi connectivity index (χ0n) is 15.5. The number of hydrogen-bond donors (Lipinski definition) is 1. The van der Waals surface area contributed by atoms with E-state index in [1.54, 1.807) is 0 Å². The molecule has 2 fully saturated rings. The van der Waals surface area contributed by atoms with Gasteiger partial charge in [-0.05, 0) is 48.9 Å². The van der Waals surface area contributed by atoms with Crippen LogP contribution in [-0.4, -0.2) is 59.3 Å². The first-order valence-electron chi connectivity index (χ1n) is 10.2. The summed E-state index contributed by atoms with van der Waals surface area (Å²) in [4.78, 5) is 15.2. The number of fused-ring (bicyclic) bond motifs is 1. The first-order valence-corrected chi connectivity index (χ1v) is 10.2. The van der Waals surface area contributed by atoms with Crippen LogP contribution in [0.1, 0.15) is 49.7 Å². The van der Waals surface area contributed by atoms with Crippen molar-refractivity contribution in [3.8, 4) is 5.75 Å². The van der Waals surface area contributed by atoms with Crippen LogP contribution in [0.3, 0.4) is 0 Å². The van der Waals surface area contributed by atoms with Crippen LogP contribution in [-0.2, 0) is 12.8 Å². The van der Waals surface area contributed by atoms with Gasteiger partial charge in [0.2, 0.25) is 0 Å². The Morgan fingerprint density at radius 1 is 0.962 bits per heavy atom. The normalized spacial score (nSPS) is 22.8. The molecule has 2 aliphatic heterocycles. The molecule has 1 saturated heterocycles. The highest BCUT2D eigenvalue weighted by Crippen LogP contribution is 2.28. The summed E-state index contributed by atoms with van der Waals surface area (Å²) in [5.74, 6) is 0.951. The van der Waals surface area contributed by atoms with E-state index in [0.29, 0.717) is 13.1 Å². The maximum Gasteiger partial charge on any atom is 0.407 e. The first-order chi connectivity index (χ1) is 12.7. The van der Waals surface area contributed by atoms with Gasteiger partial charge in [-0.2, -0.15) is 0 Å². The fraction of sp³-hybridized carbons (Fsp3) is 0.667. The van der Waals surface area contributed by atoms with Crippen LogP contribution in [0.2, 0.25) is 0 Å². The van der Waals surface area contributed by atoms with Crippen molar-refractivity contribution >= 4 is 6.09 Å². The summed E-state index contributed by atoms with van der Waals surface area (Å²) >= 11 is 0. The molecule has 0 spiro atoms. The number of rotatable bonds is 3. The van der Waals surface area contributed by atoms with E-state index < -0.39 is 6.09 Å². The molecule has 1 saturated carbocycles. The van der Waals surface area contributed by atoms with Gasteiger partial charge in [0.15, 0.2) is 0 Å². The third kappa shape index (κ3) is 3.98. The summed E-state index contributed by atoms with van der Waals surface area (Å²) in [6, 6.07) is 7.39. The van der Waals surface area contributed by atoms with Crippen molar-refractivity contribution in [3.05, 3.63) is 29.3 Å². The van der Waals surface area contributed by atoms with Crippen LogP contribution in [0.15, 0.2) is 18.2 Å². The third-order valence-electron chi connectivity index (χ3n) is 6.37. The molecule has 0 unspecified atom stereocenters. The molecule has 0 radical (unpaired) electrons. The number of ether oxygens (including phenoxy) is 1. The molecule has 1 aromatic carbocycles. The highest BCUT2D eigenvalue weighted by atomic mass is 16.5. The summed E-state index contributed by atoms with van der Waals surface area (Å²) in [5, 5.41) is 9.05. The second-order valence-electron chi connectivity index (χ2n) is 7.99. The topological polar surface area (TPSA) is 53.0 Å². The Morgan fingerprint density at radius 2 is 1.65 bits per heavy atom. The Kier molecular flexibility index (Phi) is 5.34. The number of likely N-dealkylation sites (tertiary alicyclic amines) is 1. The Bertz CT molecular complexity index is 634. The largest absolute Gasteiger partial charge is 0.490 e. The number of piperidine rings is 1. The van der Waals surface area contributed by atoms with Crippen molar-refractivity contribution in [1.82, 2.24) is 9.80 Å². The zero-order chi connectivity index (χ0) is 17.9. The van der Waals surface area contributed by atoms with Gasteiger partial charge in [-0.25, -0.2) is 4.79 Å². The number of benzene rings is 1. The highest BCUT2D eigenvalue weighted by Gasteiger charge is 2.26. The van der Waals surface area contributed by atoms with Gasteiger partial charge >= 0.3 is 6.09 Å². The molecular formula is C21H30N2O3. The van der Waals surface area contributed by atoms with Gasteiger partial charge in [0.1, 0.15) is 11.9 Å². The van der Waals surface area contributed by atoms with E-state index in [0.717, 1.165) is 44.0 Å². The minimum absolute atomic E-state index is 0.129. The van der Waals surface area contributed by atoms with Crippen LogP contribution in [0, 0.1) is 0 Å². The number of hydrogen-bond acceptors (Lipinski definition) is 3. The molecule has 3 aliphatic rings. The summed E-state index contributed by atoms with van der Waals surface area (Å²) in [6.45, 7) is 3.49. The van der Waals surface area contributed by atoms with Crippen molar-refractivity contribution < 1.29 is 14.6 Å². The Hall–Kier alpha value is -1.75. The lowest BCUT2D eigenvalue weighted by Crippen LogP contribution is -2.41. The summed E-state index contributed by atoms with van der Waals surface area (Å²) in [6.07, 6.45) is 8.66. The predicted molar refractivity (Wildman–Crippen MR) is 101 cm³/mol. The quantitative estimate of drug-likeness (QED) is 0.898. The zero-order valence-corrected chi connectivity index (χ0v) is 15.5. The number of carboxylic acid groups (broad SMARTS) is 1. The minimum Gasteiger partial charge on any atom is -0.490 e. The second kappa shape index (κ2) is 7.87. The van der Waals surface area contributed by atoms with E-state index in [1.807, 2.05) is 0 Å². The maximum atomic E-state index is 11.0. The molecule has 0 atom stereocenters. The van der Waals surface area contributed by atoms with E-state index in [-0.39, 0.29) is 6.10 Å². The van der Waals surface area contributed by atoms with Crippen molar-refractivity contribution in [2.24, 2.45) is 0 Å². The Morgan fingerprint density at radius 3 is 2.35 bits per heavy atom. The van der Waals surface area contributed by atoms with Gasteiger partial charge < -0.3 is 14.7 Å². The standard InChI is InChI=1S/C21H30N2O3/c24-21(25)23-13-9-19(10-14-23)26-20-6-5-16-7-11-22(12-8-17(16)15-20)18-3-1-2-4-18/h5-6,15,18-19H,1-4,7-14H2,(H,24,25). The van der Waals surface area contributed by atoms with Crippen LogP contribution < -0.4 is 4.74 Å². The van der Waals surface area contributed by atoms with Gasteiger partial charge in [0.05, 0.1) is 0 Å². The SMILES string of the molecule is O=C(O)N1CCC(Oc2ccc3c(c2)CCN(C2CCCC2)CC3)CC1. The lowest BCUT2D eigenvalue weighted by Gasteiger charge is -2.30. The fourth-order valence-corrected chi connectivity index (χ4v) is 4.78. The average molecular weight is 358 g/mol. The number of nitrogens with zero attached hydrogens (tertiary/aromatic N) is 2. The number of carbonyl (C=O) groups is 1. The molecule has 1 aromatic rings. The molecule has 5 heteroatoms. The Balaban J connectivity index is 1.35. The predicted octanol–water partition coefficient (Wildman–Crippen LogP) is 3.55. The monoisotopic (exact) mass is 358 g/mol. The molecule has 142 valence electrons. The lowest BCUT2D eigenvalue weighted by molar-refractivity contribution is 0.0894. The summed E-state index contributed by atoms with van der Waals surface area (Å²) in [5.41, 5.74) is 2.91. The molecule has 0 aromatic heterocycles. The lowest BCUT2D eigenvalue weighted by atomic mass is 10.0. The Labute approximate surface area is 155 Å². The first kappa shape index (κ1) is 17.7. The molecule has 1 amide bonds. The molecule has 26 heavy (non-hydrogen) atoms. The second-order valence-corrected chi connectivity index (χ2v) is 7.99. The van der Waals surface area contributed by atoms with E-state index >= 15 is 0 Å². The summed E-state index contributed by atoms with van der Waals surface area (Å²) in [7, 11) is 0. The van der Waals surface area contributed by atoms with Crippen LogP contribution in [0.4, 0.5) is 4.79 Å². The van der Waals surface area contributed by atoms with Crippen molar-refractivity contribution in [1.29, 1.82) is 0 Å². The molecule has 1 N–H and O–H groups in total. The van der Waals surface area contributed by atoms with Crippen LogP contribution in [0.5, 0.6) is 5.75 Å². The third-order valence-corrected chi connectivity index (χ3v) is 6.37. The van der Waals surface area contributed by atoms with Gasteiger partial charge in [0.25, 0.3) is 0 Å². The van der Waals surface area contributed by atoms with E-state index in [2.05, 4.69) is 23.1 Å². The fourth-order valence-electron chi connectivity index (χ4n) is 4.78. The van der Waals surface area contributed by atoms with Gasteiger partial charge in [-0.3, -0.25) is 4.90 Å². The van der Waals surface area contributed by atoms with E-state index in [4.69, 9.17) is 9.84 Å². The van der Waals surface area contributed by atoms with Crippen molar-refractivity contribution in [2.75, 3.05) is 26.2 Å². The molecule has 0 bridgehead atoms. The molecule has 1 aliphatic carbocycles. The maximum absolute atomic E-state index is 11.0. The van der Waals surface area contributed by atoms with E-state index in [1.165, 1.54) is 48.3 Å². The smallest absolute Gasteiger partial charge is 0.407 e. The van der Waals surface area contributed by atoms with Crippen molar-refractivity contribution in [3.63, 3.8) is 0 Å². The van der Waals surface area contributed by atoms with Gasteiger partial charge in [-0.1, -0.05) is 18.9 Å². The summed E-state index contributed by atoms with van der Waals surface area (Å²) < 4.78 is 6.18. The molecule has 2 heterocycles. The molecular weight excluding hydrogens is 328 g/mol. The van der Waals surface area contributed by atoms with Crippen LogP contribution >= 0.6 is 0 Å². The number of amides is 1.